The molecule has 1 amide bonds. The second-order valence-electron chi connectivity index (χ2n) is 3.32. The van der Waals surface area contributed by atoms with E-state index in [9.17, 15) is 4.79 Å². The Balaban J connectivity index is 0.00000144. The second kappa shape index (κ2) is 5.29. The Labute approximate surface area is 85.2 Å². The largest absolute Gasteiger partial charge is 0.453 e. The first kappa shape index (κ1) is 12.5. The number of nitrogens with zero attached hydrogens (tertiary/aromatic N) is 2. The van der Waals surface area contributed by atoms with Gasteiger partial charge in [0.2, 0.25) is 0 Å². The van der Waals surface area contributed by atoms with Gasteiger partial charge in [0.25, 0.3) is 0 Å². The fourth-order valence-corrected chi connectivity index (χ4v) is 1.46. The van der Waals surface area contributed by atoms with Crippen molar-refractivity contribution in [3.8, 4) is 0 Å². The van der Waals surface area contributed by atoms with E-state index in [0.717, 1.165) is 19.5 Å². The van der Waals surface area contributed by atoms with E-state index in [-0.39, 0.29) is 18.5 Å². The molecule has 4 nitrogen and oxygen atoms in total. The molecule has 0 spiro atoms. The summed E-state index contributed by atoms with van der Waals surface area (Å²) in [6.07, 6.45) is 0.835. The fourth-order valence-electron chi connectivity index (χ4n) is 1.46. The van der Waals surface area contributed by atoms with Crippen molar-refractivity contribution < 1.29 is 9.53 Å². The van der Waals surface area contributed by atoms with Gasteiger partial charge in [0.05, 0.1) is 7.11 Å². The van der Waals surface area contributed by atoms with Gasteiger partial charge < -0.3 is 14.5 Å². The average molecular weight is 209 g/mol. The lowest BCUT2D eigenvalue weighted by atomic mass is 10.2. The number of rotatable bonds is 1. The molecular weight excluding hydrogens is 192 g/mol. The highest BCUT2D eigenvalue weighted by atomic mass is 35.5. The Morgan fingerprint density at radius 3 is 2.54 bits per heavy atom. The number of hydrogen-bond acceptors (Lipinski definition) is 3. The number of likely N-dealkylation sites (tertiary alicyclic amines) is 1. The molecule has 1 fully saturated rings. The van der Waals surface area contributed by atoms with Gasteiger partial charge in [-0.25, -0.2) is 4.79 Å². The van der Waals surface area contributed by atoms with Crippen LogP contribution in [0.25, 0.3) is 0 Å². The molecule has 5 heteroatoms. The zero-order chi connectivity index (χ0) is 9.14. The SMILES string of the molecule is COC(=O)N1CCC(N(C)C)C1.Cl. The van der Waals surface area contributed by atoms with Crippen LogP contribution in [0, 0.1) is 0 Å². The topological polar surface area (TPSA) is 32.8 Å². The molecule has 0 saturated carbocycles. The predicted octanol–water partition coefficient (Wildman–Crippen LogP) is 0.810. The normalized spacial score (nSPS) is 21.5. The molecule has 1 saturated heterocycles. The van der Waals surface area contributed by atoms with Crippen LogP contribution in [0.4, 0.5) is 4.79 Å². The highest BCUT2D eigenvalue weighted by Gasteiger charge is 2.27. The van der Waals surface area contributed by atoms with E-state index >= 15 is 0 Å². The summed E-state index contributed by atoms with van der Waals surface area (Å²) in [5.74, 6) is 0. The van der Waals surface area contributed by atoms with E-state index in [1.54, 1.807) is 4.90 Å². The molecule has 1 heterocycles. The number of carbonyl (C=O) groups excluding carboxylic acids is 1. The van der Waals surface area contributed by atoms with Gasteiger partial charge in [-0.1, -0.05) is 0 Å². The summed E-state index contributed by atoms with van der Waals surface area (Å²) in [5.41, 5.74) is 0. The van der Waals surface area contributed by atoms with Crippen molar-refractivity contribution in [1.29, 1.82) is 0 Å². The molecule has 1 aliphatic rings. The van der Waals surface area contributed by atoms with Crippen LogP contribution in [-0.2, 0) is 4.74 Å². The van der Waals surface area contributed by atoms with Crippen LogP contribution in [0.1, 0.15) is 6.42 Å². The minimum atomic E-state index is -0.209. The van der Waals surface area contributed by atoms with Crippen LogP contribution in [0.5, 0.6) is 0 Å². The van der Waals surface area contributed by atoms with Crippen LogP contribution >= 0.6 is 12.4 Å². The molecule has 0 bridgehead atoms. The van der Waals surface area contributed by atoms with Crippen molar-refractivity contribution in [2.75, 3.05) is 34.3 Å². The second-order valence-corrected chi connectivity index (χ2v) is 3.32. The van der Waals surface area contributed by atoms with Crippen molar-refractivity contribution in [2.45, 2.75) is 12.5 Å². The van der Waals surface area contributed by atoms with Crippen molar-refractivity contribution >= 4 is 18.5 Å². The minimum absolute atomic E-state index is 0. The van der Waals surface area contributed by atoms with Crippen LogP contribution in [0.15, 0.2) is 0 Å². The van der Waals surface area contributed by atoms with Gasteiger partial charge in [-0.05, 0) is 20.5 Å². The molecule has 0 N–H and O–H groups in total. The number of likely N-dealkylation sites (N-methyl/N-ethyl adjacent to an activating group) is 1. The highest BCUT2D eigenvalue weighted by Crippen LogP contribution is 2.13. The fraction of sp³-hybridized carbons (Fsp3) is 0.875. The molecule has 78 valence electrons. The molecule has 0 radical (unpaired) electrons. The van der Waals surface area contributed by atoms with Gasteiger partial charge in [-0.15, -0.1) is 12.4 Å². The Morgan fingerprint density at radius 1 is 1.54 bits per heavy atom. The lowest BCUT2D eigenvalue weighted by Gasteiger charge is -2.19. The molecule has 1 rings (SSSR count). The number of amides is 1. The smallest absolute Gasteiger partial charge is 0.409 e. The van der Waals surface area contributed by atoms with Crippen molar-refractivity contribution in [2.24, 2.45) is 0 Å². The Bertz CT molecular complexity index is 176. The summed E-state index contributed by atoms with van der Waals surface area (Å²) in [6, 6.07) is 0.490. The first-order valence-electron chi connectivity index (χ1n) is 4.14. The van der Waals surface area contributed by atoms with E-state index in [1.165, 1.54) is 7.11 Å². The Hall–Kier alpha value is -0.480. The third kappa shape index (κ3) is 3.04. The number of methoxy groups -OCH3 is 1. The first-order valence-corrected chi connectivity index (χ1v) is 4.14. The van der Waals surface area contributed by atoms with Crippen LogP contribution < -0.4 is 0 Å². The van der Waals surface area contributed by atoms with Crippen molar-refractivity contribution in [3.05, 3.63) is 0 Å². The quantitative estimate of drug-likeness (QED) is 0.640. The molecule has 1 aliphatic heterocycles. The molecule has 1 atom stereocenters. The van der Waals surface area contributed by atoms with Gasteiger partial charge in [0.15, 0.2) is 0 Å². The maximum Gasteiger partial charge on any atom is 0.409 e. The predicted molar refractivity (Wildman–Crippen MR) is 53.3 cm³/mol. The minimum Gasteiger partial charge on any atom is -0.453 e. The van der Waals surface area contributed by atoms with Crippen molar-refractivity contribution in [1.82, 2.24) is 9.80 Å². The standard InChI is InChI=1S/C8H16N2O2.ClH/c1-9(2)7-4-5-10(6-7)8(11)12-3;/h7H,4-6H2,1-3H3;1H. The molecular formula is C8H17ClN2O2. The van der Waals surface area contributed by atoms with E-state index in [2.05, 4.69) is 9.64 Å². The monoisotopic (exact) mass is 208 g/mol. The molecule has 13 heavy (non-hydrogen) atoms. The number of hydrogen-bond donors (Lipinski definition) is 0. The summed E-state index contributed by atoms with van der Waals surface area (Å²) in [5, 5.41) is 0. The summed E-state index contributed by atoms with van der Waals surface area (Å²) in [7, 11) is 5.49. The van der Waals surface area contributed by atoms with Crippen LogP contribution in [0.3, 0.4) is 0 Å². The molecule has 0 aromatic heterocycles. The Kier molecular flexibility index (Phi) is 5.10. The lowest BCUT2D eigenvalue weighted by Crippen LogP contribution is -2.34. The third-order valence-electron chi connectivity index (χ3n) is 2.33. The van der Waals surface area contributed by atoms with Gasteiger partial charge in [-0.2, -0.15) is 0 Å². The average Bonchev–Trinajstić information content (AvgIpc) is 2.51. The highest BCUT2D eigenvalue weighted by molar-refractivity contribution is 5.85. The summed E-state index contributed by atoms with van der Waals surface area (Å²) >= 11 is 0. The van der Waals surface area contributed by atoms with E-state index < -0.39 is 0 Å². The lowest BCUT2D eigenvalue weighted by molar-refractivity contribution is 0.130. The van der Waals surface area contributed by atoms with E-state index in [4.69, 9.17) is 0 Å². The zero-order valence-corrected chi connectivity index (χ0v) is 9.13. The number of halogens is 1. The van der Waals surface area contributed by atoms with Gasteiger partial charge >= 0.3 is 6.09 Å². The van der Waals surface area contributed by atoms with Crippen LogP contribution in [-0.4, -0.2) is 56.2 Å². The molecule has 0 aliphatic carbocycles. The summed E-state index contributed by atoms with van der Waals surface area (Å²) in [4.78, 5) is 14.9. The van der Waals surface area contributed by atoms with Gasteiger partial charge in [-0.3, -0.25) is 0 Å². The third-order valence-corrected chi connectivity index (χ3v) is 2.33. The first-order chi connectivity index (χ1) is 5.65. The van der Waals surface area contributed by atoms with E-state index in [0.29, 0.717) is 6.04 Å². The number of ether oxygens (including phenoxy) is 1. The maximum atomic E-state index is 11.1. The van der Waals surface area contributed by atoms with Crippen LogP contribution in [0.2, 0.25) is 0 Å². The molecule has 0 aromatic rings. The van der Waals surface area contributed by atoms with Gasteiger partial charge in [0.1, 0.15) is 0 Å². The molecule has 1 unspecified atom stereocenters. The Morgan fingerprint density at radius 2 is 2.15 bits per heavy atom. The van der Waals surface area contributed by atoms with Gasteiger partial charge in [0, 0.05) is 19.1 Å². The maximum absolute atomic E-state index is 11.1. The molecule has 0 aromatic carbocycles. The summed E-state index contributed by atoms with van der Waals surface area (Å²) in [6.45, 7) is 1.61. The number of carbonyl (C=O) groups is 1. The zero-order valence-electron chi connectivity index (χ0n) is 8.32. The van der Waals surface area contributed by atoms with E-state index in [1.807, 2.05) is 14.1 Å². The summed E-state index contributed by atoms with van der Waals surface area (Å²) < 4.78 is 4.63. The van der Waals surface area contributed by atoms with Crippen molar-refractivity contribution in [3.63, 3.8) is 0 Å².